The molecule has 0 atom stereocenters. The zero-order valence-electron chi connectivity index (χ0n) is 17.5. The second kappa shape index (κ2) is 8.59. The summed E-state index contributed by atoms with van der Waals surface area (Å²) in [5, 5.41) is 14.8. The van der Waals surface area contributed by atoms with E-state index < -0.39 is 0 Å². The minimum atomic E-state index is -0.109. The number of fused-ring (bicyclic) bond motifs is 1. The summed E-state index contributed by atoms with van der Waals surface area (Å²) in [6, 6.07) is 15.2. The molecule has 5 rings (SSSR count). The van der Waals surface area contributed by atoms with Crippen molar-refractivity contribution in [1.82, 2.24) is 20.3 Å². The first-order valence-electron chi connectivity index (χ1n) is 10.5. The molecule has 2 aromatic heterocycles. The average molecular weight is 449 g/mol. The van der Waals surface area contributed by atoms with Crippen molar-refractivity contribution in [2.75, 3.05) is 13.1 Å². The normalized spacial score (nSPS) is 14.6. The van der Waals surface area contributed by atoms with Gasteiger partial charge in [0.15, 0.2) is 0 Å². The van der Waals surface area contributed by atoms with E-state index >= 15 is 0 Å². The molecule has 1 saturated heterocycles. The van der Waals surface area contributed by atoms with Crippen LogP contribution in [-0.2, 0) is 0 Å². The lowest BCUT2D eigenvalue weighted by Crippen LogP contribution is -2.42. The lowest BCUT2D eigenvalue weighted by Gasteiger charge is -2.32. The van der Waals surface area contributed by atoms with Crippen molar-refractivity contribution in [3.05, 3.63) is 71.1 Å². The highest BCUT2D eigenvalue weighted by Crippen LogP contribution is 2.32. The van der Waals surface area contributed by atoms with Gasteiger partial charge in [0.1, 0.15) is 23.1 Å². The molecule has 8 heteroatoms. The Morgan fingerprint density at radius 1 is 1.12 bits per heavy atom. The summed E-state index contributed by atoms with van der Waals surface area (Å²) in [4.78, 5) is 15.2. The van der Waals surface area contributed by atoms with Crippen LogP contribution in [0.2, 0.25) is 5.02 Å². The number of benzene rings is 2. The lowest BCUT2D eigenvalue weighted by atomic mass is 10.0. The van der Waals surface area contributed by atoms with Crippen LogP contribution in [0.15, 0.2) is 59.3 Å². The van der Waals surface area contributed by atoms with Crippen molar-refractivity contribution in [2.45, 2.75) is 25.9 Å². The van der Waals surface area contributed by atoms with Crippen LogP contribution in [0.3, 0.4) is 0 Å². The van der Waals surface area contributed by atoms with Crippen LogP contribution < -0.4 is 4.74 Å². The first-order chi connectivity index (χ1) is 15.6. The van der Waals surface area contributed by atoms with Crippen molar-refractivity contribution < 1.29 is 14.1 Å². The molecular weight excluding hydrogens is 428 g/mol. The second-order valence-electron chi connectivity index (χ2n) is 7.79. The summed E-state index contributed by atoms with van der Waals surface area (Å²) in [5.74, 6) is 0.903. The largest absolute Gasteiger partial charge is 0.473 e. The number of nitrogens with zero attached hydrogens (tertiary/aromatic N) is 4. The molecule has 0 saturated carbocycles. The third kappa shape index (κ3) is 3.80. The maximum Gasteiger partial charge on any atom is 0.259 e. The fourth-order valence-electron chi connectivity index (χ4n) is 4.04. The average Bonchev–Trinajstić information content (AvgIpc) is 3.21. The molecule has 0 aliphatic carbocycles. The summed E-state index contributed by atoms with van der Waals surface area (Å²) < 4.78 is 11.5. The highest BCUT2D eigenvalue weighted by atomic mass is 35.5. The van der Waals surface area contributed by atoms with Gasteiger partial charge in [0, 0.05) is 42.3 Å². The standard InChI is InChI=1S/C24H21ClN4O3/c1-15-21(22(28-32-15)19-8-4-5-9-20(19)25)24(30)29-12-10-17(11-13-29)31-23-18-7-3-2-6-16(18)14-26-27-23/h2-9,14,17H,10-13H2,1H3. The van der Waals surface area contributed by atoms with Gasteiger partial charge >= 0.3 is 0 Å². The fraction of sp³-hybridized carbons (Fsp3) is 0.250. The Labute approximate surface area is 189 Å². The lowest BCUT2D eigenvalue weighted by molar-refractivity contribution is 0.0588. The predicted molar refractivity (Wildman–Crippen MR) is 121 cm³/mol. The third-order valence-corrected chi connectivity index (χ3v) is 6.08. The molecule has 4 aromatic rings. The van der Waals surface area contributed by atoms with E-state index in [2.05, 4.69) is 15.4 Å². The summed E-state index contributed by atoms with van der Waals surface area (Å²) in [6.07, 6.45) is 3.08. The smallest absolute Gasteiger partial charge is 0.259 e. The van der Waals surface area contributed by atoms with E-state index in [4.69, 9.17) is 20.9 Å². The Balaban J connectivity index is 1.31. The Kier molecular flexibility index (Phi) is 5.49. The van der Waals surface area contributed by atoms with Crippen LogP contribution in [0.25, 0.3) is 22.0 Å². The van der Waals surface area contributed by atoms with Crippen LogP contribution in [0, 0.1) is 6.92 Å². The number of hydrogen-bond acceptors (Lipinski definition) is 6. The minimum Gasteiger partial charge on any atom is -0.473 e. The van der Waals surface area contributed by atoms with Crippen LogP contribution in [0.4, 0.5) is 0 Å². The number of carbonyl (C=O) groups is 1. The number of likely N-dealkylation sites (tertiary alicyclic amines) is 1. The van der Waals surface area contributed by atoms with E-state index in [0.29, 0.717) is 59.4 Å². The molecule has 0 radical (unpaired) electrons. The molecule has 0 bridgehead atoms. The number of carbonyl (C=O) groups excluding carboxylic acids is 1. The molecule has 0 N–H and O–H groups in total. The Morgan fingerprint density at radius 2 is 1.88 bits per heavy atom. The van der Waals surface area contributed by atoms with Gasteiger partial charge in [-0.1, -0.05) is 53.2 Å². The maximum atomic E-state index is 13.3. The molecule has 1 amide bonds. The van der Waals surface area contributed by atoms with Crippen molar-refractivity contribution >= 4 is 28.3 Å². The van der Waals surface area contributed by atoms with Crippen molar-refractivity contribution in [3.8, 4) is 17.1 Å². The van der Waals surface area contributed by atoms with Gasteiger partial charge in [0.05, 0.1) is 11.2 Å². The molecule has 0 unspecified atom stereocenters. The zero-order valence-corrected chi connectivity index (χ0v) is 18.2. The predicted octanol–water partition coefficient (Wildman–Crippen LogP) is 4.93. The van der Waals surface area contributed by atoms with E-state index in [0.717, 1.165) is 10.8 Å². The van der Waals surface area contributed by atoms with Gasteiger partial charge in [-0.15, -0.1) is 5.10 Å². The summed E-state index contributed by atoms with van der Waals surface area (Å²) >= 11 is 6.33. The van der Waals surface area contributed by atoms with Crippen LogP contribution in [0.5, 0.6) is 5.88 Å². The van der Waals surface area contributed by atoms with Crippen LogP contribution in [-0.4, -0.2) is 45.4 Å². The number of rotatable bonds is 4. The van der Waals surface area contributed by atoms with Gasteiger partial charge in [-0.2, -0.15) is 5.10 Å². The second-order valence-corrected chi connectivity index (χ2v) is 8.20. The maximum absolute atomic E-state index is 13.3. The summed E-state index contributed by atoms with van der Waals surface area (Å²) in [7, 11) is 0. The Bertz CT molecular complexity index is 1280. The monoisotopic (exact) mass is 448 g/mol. The number of amides is 1. The molecular formula is C24H21ClN4O3. The molecule has 32 heavy (non-hydrogen) atoms. The SMILES string of the molecule is Cc1onc(-c2ccccc2Cl)c1C(=O)N1CCC(Oc2nncc3ccccc23)CC1. The molecule has 7 nitrogen and oxygen atoms in total. The molecule has 1 aliphatic rings. The van der Waals surface area contributed by atoms with Crippen molar-refractivity contribution in [2.24, 2.45) is 0 Å². The van der Waals surface area contributed by atoms with Crippen LogP contribution >= 0.6 is 11.6 Å². The number of piperidine rings is 1. The third-order valence-electron chi connectivity index (χ3n) is 5.75. The zero-order chi connectivity index (χ0) is 22.1. The Morgan fingerprint density at radius 3 is 2.69 bits per heavy atom. The van der Waals surface area contributed by atoms with E-state index in [-0.39, 0.29) is 12.0 Å². The molecule has 3 heterocycles. The van der Waals surface area contributed by atoms with Gasteiger partial charge in [0.2, 0.25) is 5.88 Å². The van der Waals surface area contributed by atoms with Gasteiger partial charge in [-0.05, 0) is 19.1 Å². The number of aryl methyl sites for hydroxylation is 1. The number of hydrogen-bond donors (Lipinski definition) is 0. The van der Waals surface area contributed by atoms with E-state index in [1.807, 2.05) is 47.4 Å². The molecule has 0 spiro atoms. The quantitative estimate of drug-likeness (QED) is 0.440. The molecule has 1 fully saturated rings. The molecule has 1 aliphatic heterocycles. The van der Waals surface area contributed by atoms with E-state index in [9.17, 15) is 4.79 Å². The highest BCUT2D eigenvalue weighted by molar-refractivity contribution is 6.33. The van der Waals surface area contributed by atoms with Crippen molar-refractivity contribution in [3.63, 3.8) is 0 Å². The van der Waals surface area contributed by atoms with Crippen molar-refractivity contribution in [1.29, 1.82) is 0 Å². The van der Waals surface area contributed by atoms with E-state index in [1.54, 1.807) is 19.2 Å². The molecule has 2 aromatic carbocycles. The van der Waals surface area contributed by atoms with Gasteiger partial charge in [0.25, 0.3) is 5.91 Å². The van der Waals surface area contributed by atoms with Gasteiger partial charge in [-0.3, -0.25) is 4.79 Å². The summed E-state index contributed by atoms with van der Waals surface area (Å²) in [6.45, 7) is 2.87. The highest BCUT2D eigenvalue weighted by Gasteiger charge is 2.30. The minimum absolute atomic E-state index is 0.0363. The van der Waals surface area contributed by atoms with Crippen LogP contribution in [0.1, 0.15) is 29.0 Å². The number of aromatic nitrogens is 3. The molecule has 162 valence electrons. The van der Waals surface area contributed by atoms with E-state index in [1.165, 1.54) is 0 Å². The first-order valence-corrected chi connectivity index (χ1v) is 10.9. The van der Waals surface area contributed by atoms with Gasteiger partial charge < -0.3 is 14.2 Å². The topological polar surface area (TPSA) is 81.4 Å². The summed E-state index contributed by atoms with van der Waals surface area (Å²) in [5.41, 5.74) is 1.61. The van der Waals surface area contributed by atoms with Gasteiger partial charge in [-0.25, -0.2) is 0 Å². The number of halogens is 1. The Hall–Kier alpha value is -3.45. The fourth-order valence-corrected chi connectivity index (χ4v) is 4.27. The number of ether oxygens (including phenoxy) is 1. The first kappa shape index (κ1) is 20.5.